The summed E-state index contributed by atoms with van der Waals surface area (Å²) in [6.07, 6.45) is 6.22. The summed E-state index contributed by atoms with van der Waals surface area (Å²) in [6, 6.07) is 3.86. The molecule has 2 fully saturated rings. The van der Waals surface area contributed by atoms with E-state index < -0.39 is 48.1 Å². The highest BCUT2D eigenvalue weighted by molar-refractivity contribution is 5.98. The van der Waals surface area contributed by atoms with Gasteiger partial charge in [0.05, 0.1) is 45.5 Å². The summed E-state index contributed by atoms with van der Waals surface area (Å²) in [5.41, 5.74) is 0.916. The number of carbonyl (C=O) groups excluding carboxylic acids is 4. The molecule has 1 aromatic rings. The molecule has 5 atom stereocenters. The molecule has 2 heterocycles. The van der Waals surface area contributed by atoms with E-state index in [4.69, 9.17) is 14.2 Å². The molecular formula is C31H44N4O8. The van der Waals surface area contributed by atoms with Crippen LogP contribution >= 0.6 is 0 Å². The van der Waals surface area contributed by atoms with Crippen molar-refractivity contribution in [2.45, 2.75) is 81.7 Å². The fourth-order valence-electron chi connectivity index (χ4n) is 5.34. The Bertz CT molecular complexity index is 1160. The fraction of sp³-hybridized carbons (Fsp3) is 0.613. The van der Waals surface area contributed by atoms with Crippen LogP contribution in [0.5, 0.6) is 5.75 Å². The lowest BCUT2D eigenvalue weighted by molar-refractivity contribution is -0.135. The van der Waals surface area contributed by atoms with E-state index in [9.17, 15) is 24.3 Å². The number of nitrogens with one attached hydrogen (secondary N) is 4. The zero-order valence-corrected chi connectivity index (χ0v) is 25.0. The Morgan fingerprint density at radius 1 is 1.05 bits per heavy atom. The number of carbonyl (C=O) groups is 4. The molecule has 0 aromatic heterocycles. The predicted octanol–water partition coefficient (Wildman–Crippen LogP) is 0.311. The van der Waals surface area contributed by atoms with Gasteiger partial charge < -0.3 is 40.6 Å². The third-order valence-corrected chi connectivity index (χ3v) is 8.07. The van der Waals surface area contributed by atoms with Crippen LogP contribution in [0.15, 0.2) is 35.9 Å². The Balaban J connectivity index is 1.47. The van der Waals surface area contributed by atoms with Crippen LogP contribution in [0.25, 0.3) is 0 Å². The Morgan fingerprint density at radius 2 is 1.77 bits per heavy atom. The molecule has 236 valence electrons. The number of hydrogen-bond donors (Lipinski definition) is 5. The van der Waals surface area contributed by atoms with E-state index in [0.717, 1.165) is 36.8 Å². The first-order chi connectivity index (χ1) is 20.7. The van der Waals surface area contributed by atoms with Gasteiger partial charge in [-0.2, -0.15) is 0 Å². The molecule has 0 spiro atoms. The highest BCUT2D eigenvalue weighted by Gasteiger charge is 2.50. The monoisotopic (exact) mass is 600 g/mol. The van der Waals surface area contributed by atoms with Crippen molar-refractivity contribution in [3.8, 4) is 5.75 Å². The quantitative estimate of drug-likeness (QED) is 0.141. The molecule has 43 heavy (non-hydrogen) atoms. The number of benzene rings is 1. The van der Waals surface area contributed by atoms with Crippen LogP contribution in [0.1, 0.15) is 51.0 Å². The maximum absolute atomic E-state index is 13.8. The summed E-state index contributed by atoms with van der Waals surface area (Å²) in [4.78, 5) is 53.1. The summed E-state index contributed by atoms with van der Waals surface area (Å²) in [5, 5.41) is 21.2. The van der Waals surface area contributed by atoms with Crippen LogP contribution in [-0.4, -0.2) is 98.5 Å². The number of amides is 3. The SMILES string of the molecule is COc1ccc(C[C@H](NC(=O)[C@H](CO)NC(=O)CC2CNCCO2)C(=O)N[C@@H](CC2=CCCCC2)C(=O)[C@@]2(C)CO2)cc1. The number of hydrogen-bond acceptors (Lipinski definition) is 9. The molecule has 3 aliphatic rings. The molecule has 1 aliphatic carbocycles. The Kier molecular flexibility index (Phi) is 11.7. The van der Waals surface area contributed by atoms with Gasteiger partial charge in [0.15, 0.2) is 5.78 Å². The van der Waals surface area contributed by atoms with Crippen molar-refractivity contribution in [2.75, 3.05) is 40.0 Å². The number of allylic oxidation sites excluding steroid dienone is 1. The van der Waals surface area contributed by atoms with Gasteiger partial charge >= 0.3 is 0 Å². The normalized spacial score (nSPS) is 23.6. The van der Waals surface area contributed by atoms with Crippen molar-refractivity contribution in [1.82, 2.24) is 21.3 Å². The smallest absolute Gasteiger partial charge is 0.245 e. The summed E-state index contributed by atoms with van der Waals surface area (Å²) in [7, 11) is 1.55. The van der Waals surface area contributed by atoms with Crippen molar-refractivity contribution in [1.29, 1.82) is 0 Å². The highest BCUT2D eigenvalue weighted by Crippen LogP contribution is 2.31. The first kappa shape index (κ1) is 32.6. The summed E-state index contributed by atoms with van der Waals surface area (Å²) in [5.74, 6) is -1.29. The molecule has 12 heteroatoms. The van der Waals surface area contributed by atoms with Crippen LogP contribution in [0.3, 0.4) is 0 Å². The minimum atomic E-state index is -1.28. The molecule has 2 saturated heterocycles. The Morgan fingerprint density at radius 3 is 2.37 bits per heavy atom. The average Bonchev–Trinajstić information content (AvgIpc) is 3.78. The lowest BCUT2D eigenvalue weighted by Crippen LogP contribution is -2.58. The number of aliphatic hydroxyl groups is 1. The lowest BCUT2D eigenvalue weighted by atomic mass is 9.89. The summed E-state index contributed by atoms with van der Waals surface area (Å²) < 4.78 is 16.2. The second kappa shape index (κ2) is 15.4. The number of methoxy groups -OCH3 is 1. The van der Waals surface area contributed by atoms with E-state index in [-0.39, 0.29) is 24.7 Å². The Labute approximate surface area is 252 Å². The van der Waals surface area contributed by atoms with Crippen molar-refractivity contribution in [3.05, 3.63) is 41.5 Å². The molecule has 0 bridgehead atoms. The molecule has 2 aliphatic heterocycles. The van der Waals surface area contributed by atoms with Crippen molar-refractivity contribution in [2.24, 2.45) is 0 Å². The zero-order chi connectivity index (χ0) is 30.8. The van der Waals surface area contributed by atoms with Crippen LogP contribution in [0.2, 0.25) is 0 Å². The molecule has 1 aromatic carbocycles. The third kappa shape index (κ3) is 9.59. The standard InChI is InChI=1S/C31H44N4O8/c1-31(19-43-31)28(38)24(14-20-6-4-3-5-7-20)34-29(39)25(15-21-8-10-22(41-2)11-9-21)35-30(40)26(18-36)33-27(37)16-23-17-32-12-13-42-23/h6,8-11,23-26,32,36H,3-5,7,12-19H2,1-2H3,(H,33,37)(H,34,39)(H,35,40)/t23?,24-,25-,26-,31+/m0/s1. The average molecular weight is 601 g/mol. The van der Waals surface area contributed by atoms with E-state index in [1.807, 2.05) is 0 Å². The molecule has 0 radical (unpaired) electrons. The predicted molar refractivity (Wildman–Crippen MR) is 157 cm³/mol. The number of ketones is 1. The number of ether oxygens (including phenoxy) is 3. The van der Waals surface area contributed by atoms with Gasteiger partial charge in [0.1, 0.15) is 23.4 Å². The van der Waals surface area contributed by atoms with Crippen LogP contribution in [-0.2, 0) is 35.1 Å². The first-order valence-corrected chi connectivity index (χ1v) is 15.0. The van der Waals surface area contributed by atoms with Gasteiger partial charge in [0.2, 0.25) is 17.7 Å². The van der Waals surface area contributed by atoms with Gasteiger partial charge in [-0.3, -0.25) is 19.2 Å². The fourth-order valence-corrected chi connectivity index (χ4v) is 5.34. The van der Waals surface area contributed by atoms with Crippen LogP contribution in [0.4, 0.5) is 0 Å². The molecular weight excluding hydrogens is 556 g/mol. The van der Waals surface area contributed by atoms with Crippen molar-refractivity contribution >= 4 is 23.5 Å². The van der Waals surface area contributed by atoms with Crippen molar-refractivity contribution in [3.63, 3.8) is 0 Å². The van der Waals surface area contributed by atoms with Gasteiger partial charge in [0, 0.05) is 19.5 Å². The zero-order valence-electron chi connectivity index (χ0n) is 25.0. The summed E-state index contributed by atoms with van der Waals surface area (Å²) >= 11 is 0. The Hall–Kier alpha value is -3.32. The van der Waals surface area contributed by atoms with Crippen LogP contribution in [0, 0.1) is 0 Å². The number of aliphatic hydroxyl groups excluding tert-OH is 1. The van der Waals surface area contributed by atoms with Crippen LogP contribution < -0.4 is 26.0 Å². The lowest BCUT2D eigenvalue weighted by Gasteiger charge is -2.27. The molecule has 1 unspecified atom stereocenters. The maximum Gasteiger partial charge on any atom is 0.245 e. The number of morpholine rings is 1. The second-order valence-electron chi connectivity index (χ2n) is 11.6. The molecule has 5 N–H and O–H groups in total. The third-order valence-electron chi connectivity index (χ3n) is 8.07. The van der Waals surface area contributed by atoms with E-state index in [2.05, 4.69) is 27.3 Å². The first-order valence-electron chi connectivity index (χ1n) is 15.0. The summed E-state index contributed by atoms with van der Waals surface area (Å²) in [6.45, 7) is 3.04. The molecule has 0 saturated carbocycles. The van der Waals surface area contributed by atoms with Gasteiger partial charge in [-0.05, 0) is 56.7 Å². The van der Waals surface area contributed by atoms with Gasteiger partial charge in [-0.15, -0.1) is 0 Å². The van der Waals surface area contributed by atoms with Crippen molar-refractivity contribution < 1.29 is 38.5 Å². The van der Waals surface area contributed by atoms with Gasteiger partial charge in [-0.1, -0.05) is 23.8 Å². The van der Waals surface area contributed by atoms with Gasteiger partial charge in [-0.25, -0.2) is 0 Å². The highest BCUT2D eigenvalue weighted by atomic mass is 16.6. The minimum absolute atomic E-state index is 0.0209. The second-order valence-corrected chi connectivity index (χ2v) is 11.6. The number of Topliss-reactive ketones (excluding diaryl/α,β-unsaturated/α-hetero) is 1. The van der Waals surface area contributed by atoms with E-state index in [0.29, 0.717) is 38.5 Å². The number of rotatable bonds is 15. The number of epoxide rings is 1. The van der Waals surface area contributed by atoms with E-state index in [1.165, 1.54) is 0 Å². The molecule has 12 nitrogen and oxygen atoms in total. The van der Waals surface area contributed by atoms with E-state index >= 15 is 0 Å². The topological polar surface area (TPSA) is 168 Å². The molecule has 4 rings (SSSR count). The van der Waals surface area contributed by atoms with Gasteiger partial charge in [0.25, 0.3) is 0 Å². The molecule has 3 amide bonds. The maximum atomic E-state index is 13.8. The largest absolute Gasteiger partial charge is 0.497 e. The van der Waals surface area contributed by atoms with E-state index in [1.54, 1.807) is 38.3 Å². The minimum Gasteiger partial charge on any atom is -0.497 e.